The van der Waals surface area contributed by atoms with E-state index in [0.717, 1.165) is 24.1 Å². The van der Waals surface area contributed by atoms with Gasteiger partial charge in [0.2, 0.25) is 10.0 Å². The summed E-state index contributed by atoms with van der Waals surface area (Å²) < 4.78 is 25.8. The van der Waals surface area contributed by atoms with E-state index in [1.807, 2.05) is 12.1 Å². The van der Waals surface area contributed by atoms with E-state index in [0.29, 0.717) is 6.54 Å². The Bertz CT molecular complexity index is 796. The fourth-order valence-corrected chi connectivity index (χ4v) is 3.85. The molecule has 1 atom stereocenters. The minimum absolute atomic E-state index is 0.118. The number of fused-ring (bicyclic) bond motifs is 1. The maximum atomic E-state index is 11.8. The number of aromatic amines is 1. The molecule has 130 valence electrons. The Balaban J connectivity index is 1.65. The van der Waals surface area contributed by atoms with E-state index in [-0.39, 0.29) is 10.9 Å². The number of nitrogens with one attached hydrogen (secondary N) is 3. The number of H-pyrrole nitrogens is 1. The molecule has 1 heterocycles. The highest BCUT2D eigenvalue weighted by Crippen LogP contribution is 2.23. The maximum Gasteiger partial charge on any atom is 0.240 e. The second-order valence-electron chi connectivity index (χ2n) is 6.21. The van der Waals surface area contributed by atoms with Crippen LogP contribution < -0.4 is 10.0 Å². The van der Waals surface area contributed by atoms with E-state index in [2.05, 4.69) is 27.2 Å². The van der Waals surface area contributed by atoms with Gasteiger partial charge in [0.05, 0.1) is 10.6 Å². The summed E-state index contributed by atoms with van der Waals surface area (Å²) in [5.41, 5.74) is 4.81. The average molecular weight is 348 g/mol. The minimum Gasteiger partial charge on any atom is -0.304 e. The summed E-state index contributed by atoms with van der Waals surface area (Å²) in [6, 6.07) is 7.09. The SMILES string of the molecule is CNS(=O)(=O)c1ccc(C(C)NCc2n[nH]c3c2CCCC3)cc1. The van der Waals surface area contributed by atoms with Crippen molar-refractivity contribution in [3.63, 3.8) is 0 Å². The van der Waals surface area contributed by atoms with Crippen LogP contribution in [0.3, 0.4) is 0 Å². The molecule has 1 aliphatic rings. The fourth-order valence-electron chi connectivity index (χ4n) is 3.12. The Morgan fingerprint density at radius 2 is 1.92 bits per heavy atom. The van der Waals surface area contributed by atoms with Crippen molar-refractivity contribution >= 4 is 10.0 Å². The number of hydrogen-bond donors (Lipinski definition) is 3. The zero-order valence-electron chi connectivity index (χ0n) is 14.1. The molecular formula is C17H24N4O2S. The summed E-state index contributed by atoms with van der Waals surface area (Å²) in [5, 5.41) is 11.1. The molecule has 1 aliphatic carbocycles. The Hall–Kier alpha value is -1.70. The monoisotopic (exact) mass is 348 g/mol. The van der Waals surface area contributed by atoms with Gasteiger partial charge in [-0.2, -0.15) is 5.10 Å². The van der Waals surface area contributed by atoms with Gasteiger partial charge in [-0.1, -0.05) is 12.1 Å². The van der Waals surface area contributed by atoms with Crippen molar-refractivity contribution in [2.45, 2.75) is 50.1 Å². The first-order valence-corrected chi connectivity index (χ1v) is 9.81. The number of aromatic nitrogens is 2. The van der Waals surface area contributed by atoms with Crippen molar-refractivity contribution < 1.29 is 8.42 Å². The Kier molecular flexibility index (Phi) is 5.03. The summed E-state index contributed by atoms with van der Waals surface area (Å²) in [7, 11) is -1.97. The van der Waals surface area contributed by atoms with Gasteiger partial charge in [0, 0.05) is 18.3 Å². The maximum absolute atomic E-state index is 11.8. The van der Waals surface area contributed by atoms with Crippen LogP contribution in [0.15, 0.2) is 29.2 Å². The number of sulfonamides is 1. The molecule has 2 aromatic rings. The highest BCUT2D eigenvalue weighted by atomic mass is 32.2. The Labute approximate surface area is 143 Å². The van der Waals surface area contributed by atoms with Crippen LogP contribution in [0.1, 0.15) is 48.3 Å². The first-order chi connectivity index (χ1) is 11.5. The number of benzene rings is 1. The van der Waals surface area contributed by atoms with E-state index >= 15 is 0 Å². The van der Waals surface area contributed by atoms with Crippen molar-refractivity contribution in [2.24, 2.45) is 0 Å². The van der Waals surface area contributed by atoms with E-state index in [1.54, 1.807) is 12.1 Å². The first-order valence-electron chi connectivity index (χ1n) is 8.33. The molecule has 0 bridgehead atoms. The second-order valence-corrected chi connectivity index (χ2v) is 8.10. The molecule has 24 heavy (non-hydrogen) atoms. The largest absolute Gasteiger partial charge is 0.304 e. The molecule has 0 saturated heterocycles. The number of rotatable bonds is 6. The van der Waals surface area contributed by atoms with Crippen LogP contribution in [0, 0.1) is 0 Å². The van der Waals surface area contributed by atoms with Crippen molar-refractivity contribution in [3.8, 4) is 0 Å². The smallest absolute Gasteiger partial charge is 0.240 e. The molecule has 1 aromatic heterocycles. The predicted molar refractivity (Wildman–Crippen MR) is 93.2 cm³/mol. The van der Waals surface area contributed by atoms with Gasteiger partial charge in [0.25, 0.3) is 0 Å². The predicted octanol–water partition coefficient (Wildman–Crippen LogP) is 2.05. The summed E-state index contributed by atoms with van der Waals surface area (Å²) in [6.45, 7) is 2.78. The van der Waals surface area contributed by atoms with Crippen LogP contribution >= 0.6 is 0 Å². The van der Waals surface area contributed by atoms with E-state index in [9.17, 15) is 8.42 Å². The third-order valence-electron chi connectivity index (χ3n) is 4.68. The summed E-state index contributed by atoms with van der Waals surface area (Å²) in [6.07, 6.45) is 4.67. The van der Waals surface area contributed by atoms with Gasteiger partial charge in [-0.15, -0.1) is 0 Å². The summed E-state index contributed by atoms with van der Waals surface area (Å²) in [4.78, 5) is 0.280. The van der Waals surface area contributed by atoms with Crippen molar-refractivity contribution in [2.75, 3.05) is 7.05 Å². The number of hydrogen-bond acceptors (Lipinski definition) is 4. The number of aryl methyl sites for hydroxylation is 1. The minimum atomic E-state index is -3.38. The van der Waals surface area contributed by atoms with Crippen LogP contribution in [0.2, 0.25) is 0 Å². The lowest BCUT2D eigenvalue weighted by Gasteiger charge is -2.16. The molecule has 0 aliphatic heterocycles. The summed E-state index contributed by atoms with van der Waals surface area (Å²) >= 11 is 0. The highest BCUT2D eigenvalue weighted by molar-refractivity contribution is 7.89. The third kappa shape index (κ3) is 3.53. The average Bonchev–Trinajstić information content (AvgIpc) is 3.03. The normalized spacial score (nSPS) is 15.9. The van der Waals surface area contributed by atoms with Crippen LogP contribution in [-0.2, 0) is 29.4 Å². The van der Waals surface area contributed by atoms with E-state index in [4.69, 9.17) is 0 Å². The second kappa shape index (κ2) is 7.04. The van der Waals surface area contributed by atoms with Crippen molar-refractivity contribution in [3.05, 3.63) is 46.8 Å². The van der Waals surface area contributed by atoms with Gasteiger partial charge in [0.1, 0.15) is 0 Å². The molecular weight excluding hydrogens is 324 g/mol. The fraction of sp³-hybridized carbons (Fsp3) is 0.471. The van der Waals surface area contributed by atoms with Gasteiger partial charge < -0.3 is 5.32 Å². The Morgan fingerprint density at radius 1 is 1.21 bits per heavy atom. The summed E-state index contributed by atoms with van der Waals surface area (Å²) in [5.74, 6) is 0. The van der Waals surface area contributed by atoms with E-state index < -0.39 is 10.0 Å². The first kappa shape index (κ1) is 17.1. The van der Waals surface area contributed by atoms with Crippen molar-refractivity contribution in [1.29, 1.82) is 0 Å². The molecule has 3 N–H and O–H groups in total. The quantitative estimate of drug-likeness (QED) is 0.746. The van der Waals surface area contributed by atoms with Crippen molar-refractivity contribution in [1.82, 2.24) is 20.2 Å². The topological polar surface area (TPSA) is 86.9 Å². The zero-order chi connectivity index (χ0) is 17.2. The van der Waals surface area contributed by atoms with Gasteiger partial charge in [-0.3, -0.25) is 5.10 Å². The highest BCUT2D eigenvalue weighted by Gasteiger charge is 2.17. The van der Waals surface area contributed by atoms with Crippen LogP contribution in [0.25, 0.3) is 0 Å². The van der Waals surface area contributed by atoms with Crippen LogP contribution in [0.5, 0.6) is 0 Å². The zero-order valence-corrected chi connectivity index (χ0v) is 14.9. The molecule has 6 nitrogen and oxygen atoms in total. The van der Waals surface area contributed by atoms with Gasteiger partial charge in [-0.05, 0) is 62.9 Å². The van der Waals surface area contributed by atoms with Gasteiger partial charge >= 0.3 is 0 Å². The molecule has 0 fully saturated rings. The third-order valence-corrected chi connectivity index (χ3v) is 6.11. The molecule has 0 saturated carbocycles. The molecule has 3 rings (SSSR count). The van der Waals surface area contributed by atoms with Crippen LogP contribution in [-0.4, -0.2) is 25.7 Å². The van der Waals surface area contributed by atoms with Crippen LogP contribution in [0.4, 0.5) is 0 Å². The lowest BCUT2D eigenvalue weighted by molar-refractivity contribution is 0.562. The molecule has 0 spiro atoms. The van der Waals surface area contributed by atoms with E-state index in [1.165, 1.54) is 31.1 Å². The number of nitrogens with zero attached hydrogens (tertiary/aromatic N) is 1. The lowest BCUT2D eigenvalue weighted by Crippen LogP contribution is -2.20. The molecule has 7 heteroatoms. The van der Waals surface area contributed by atoms with Gasteiger partial charge in [0.15, 0.2) is 0 Å². The Morgan fingerprint density at radius 3 is 2.62 bits per heavy atom. The van der Waals surface area contributed by atoms with Gasteiger partial charge in [-0.25, -0.2) is 13.1 Å². The molecule has 0 amide bonds. The molecule has 1 unspecified atom stereocenters. The molecule has 1 aromatic carbocycles. The lowest BCUT2D eigenvalue weighted by atomic mass is 9.96. The molecule has 0 radical (unpaired) electrons. The standard InChI is InChI=1S/C17H24N4O2S/c1-12(13-7-9-14(10-8-13)24(22,23)18-2)19-11-17-15-5-3-4-6-16(15)20-21-17/h7-10,12,18-19H,3-6,11H2,1-2H3,(H,20,21).